The van der Waals surface area contributed by atoms with Gasteiger partial charge in [-0.05, 0) is 37.0 Å². The largest absolute Gasteiger partial charge is 0.478 e. The van der Waals surface area contributed by atoms with Crippen molar-refractivity contribution >= 4 is 23.3 Å². The number of anilines is 1. The maximum atomic E-state index is 10.8. The molecule has 0 saturated heterocycles. The number of hydrogen-bond donors (Lipinski definition) is 2. The van der Waals surface area contributed by atoms with Crippen molar-refractivity contribution in [3.8, 4) is 0 Å². The minimum absolute atomic E-state index is 0.151. The monoisotopic (exact) mass is 281 g/mol. The van der Waals surface area contributed by atoms with Gasteiger partial charge in [0.1, 0.15) is 0 Å². The average molecular weight is 282 g/mol. The van der Waals surface area contributed by atoms with Crippen LogP contribution in [-0.2, 0) is 0 Å². The first-order chi connectivity index (χ1) is 9.16. The Labute approximate surface area is 119 Å². The third-order valence-corrected chi connectivity index (χ3v) is 4.11. The van der Waals surface area contributed by atoms with Gasteiger partial charge in [0.2, 0.25) is 0 Å². The van der Waals surface area contributed by atoms with Gasteiger partial charge in [-0.25, -0.2) is 4.79 Å². The van der Waals surface area contributed by atoms with E-state index in [9.17, 15) is 4.79 Å². The van der Waals surface area contributed by atoms with Gasteiger partial charge in [-0.15, -0.1) is 0 Å². The van der Waals surface area contributed by atoms with Crippen LogP contribution in [0.25, 0.3) is 0 Å². The Hall–Kier alpha value is -1.22. The molecule has 0 aliphatic heterocycles. The number of carbonyl (C=O) groups is 1. The molecule has 1 aromatic carbocycles. The van der Waals surface area contributed by atoms with E-state index in [0.29, 0.717) is 0 Å². The summed E-state index contributed by atoms with van der Waals surface area (Å²) in [4.78, 5) is 10.8. The molecule has 0 bridgehead atoms. The third kappa shape index (κ3) is 4.13. The Morgan fingerprint density at radius 2 is 2.11 bits per heavy atom. The van der Waals surface area contributed by atoms with Crippen LogP contribution < -0.4 is 5.32 Å². The molecular formula is C15H20ClNO2. The Bertz CT molecular complexity index is 442. The molecule has 19 heavy (non-hydrogen) atoms. The zero-order valence-electron chi connectivity index (χ0n) is 11.0. The molecule has 2 N–H and O–H groups in total. The maximum absolute atomic E-state index is 10.8. The third-order valence-electron chi connectivity index (χ3n) is 3.79. The lowest BCUT2D eigenvalue weighted by molar-refractivity contribution is 0.0697. The van der Waals surface area contributed by atoms with Crippen molar-refractivity contribution in [3.05, 3.63) is 28.8 Å². The Morgan fingerprint density at radius 3 is 2.74 bits per heavy atom. The first-order valence-corrected chi connectivity index (χ1v) is 7.31. The van der Waals surface area contributed by atoms with Gasteiger partial charge >= 0.3 is 5.97 Å². The molecule has 0 spiro atoms. The Balaban J connectivity index is 1.76. The molecule has 0 radical (unpaired) electrons. The van der Waals surface area contributed by atoms with E-state index in [2.05, 4.69) is 5.32 Å². The Kier molecular flexibility index (Phi) is 5.08. The molecule has 0 amide bonds. The molecule has 1 aromatic rings. The molecule has 1 saturated carbocycles. The van der Waals surface area contributed by atoms with Crippen molar-refractivity contribution in [2.24, 2.45) is 5.92 Å². The minimum Gasteiger partial charge on any atom is -0.478 e. The summed E-state index contributed by atoms with van der Waals surface area (Å²) in [7, 11) is 0. The lowest BCUT2D eigenvalue weighted by atomic mass is 10.0. The van der Waals surface area contributed by atoms with Gasteiger partial charge in [0.05, 0.1) is 10.6 Å². The van der Waals surface area contributed by atoms with Gasteiger partial charge in [0, 0.05) is 12.2 Å². The zero-order chi connectivity index (χ0) is 13.7. The fraction of sp³-hybridized carbons (Fsp3) is 0.533. The van der Waals surface area contributed by atoms with Crippen LogP contribution in [0.5, 0.6) is 0 Å². The maximum Gasteiger partial charge on any atom is 0.337 e. The molecule has 0 heterocycles. The van der Waals surface area contributed by atoms with E-state index in [1.165, 1.54) is 32.1 Å². The molecule has 0 unspecified atom stereocenters. The van der Waals surface area contributed by atoms with Crippen LogP contribution in [-0.4, -0.2) is 17.6 Å². The lowest BCUT2D eigenvalue weighted by Crippen LogP contribution is -2.05. The van der Waals surface area contributed by atoms with Crippen molar-refractivity contribution in [3.63, 3.8) is 0 Å². The SMILES string of the molecule is O=C(O)c1ccc(NCCCC2CCCC2)cc1Cl. The molecular weight excluding hydrogens is 262 g/mol. The quantitative estimate of drug-likeness (QED) is 0.759. The highest BCUT2D eigenvalue weighted by Gasteiger charge is 2.14. The van der Waals surface area contributed by atoms with Crippen LogP contribution in [0.3, 0.4) is 0 Å². The van der Waals surface area contributed by atoms with E-state index < -0.39 is 5.97 Å². The fourth-order valence-corrected chi connectivity index (χ4v) is 2.98. The van der Waals surface area contributed by atoms with Gasteiger partial charge in [0.15, 0.2) is 0 Å². The Morgan fingerprint density at radius 1 is 1.37 bits per heavy atom. The highest BCUT2D eigenvalue weighted by Crippen LogP contribution is 2.28. The second-order valence-electron chi connectivity index (χ2n) is 5.22. The van der Waals surface area contributed by atoms with Crippen LogP contribution in [0.15, 0.2) is 18.2 Å². The van der Waals surface area contributed by atoms with E-state index in [-0.39, 0.29) is 10.6 Å². The fourth-order valence-electron chi connectivity index (χ4n) is 2.72. The number of halogens is 1. The summed E-state index contributed by atoms with van der Waals surface area (Å²) in [5.41, 5.74) is 1.04. The highest BCUT2D eigenvalue weighted by atomic mass is 35.5. The van der Waals surface area contributed by atoms with Crippen LogP contribution in [0.2, 0.25) is 5.02 Å². The topological polar surface area (TPSA) is 49.3 Å². The van der Waals surface area contributed by atoms with Crippen molar-refractivity contribution in [2.75, 3.05) is 11.9 Å². The van der Waals surface area contributed by atoms with Crippen LogP contribution >= 0.6 is 11.6 Å². The van der Waals surface area contributed by atoms with Crippen molar-refractivity contribution in [2.45, 2.75) is 38.5 Å². The standard InChI is InChI=1S/C15H20ClNO2/c16-14-10-12(7-8-13(14)15(18)19)17-9-3-6-11-4-1-2-5-11/h7-8,10-11,17H,1-6,9H2,(H,18,19). The number of hydrogen-bond acceptors (Lipinski definition) is 2. The second-order valence-corrected chi connectivity index (χ2v) is 5.63. The first kappa shape index (κ1) is 14.2. The number of carboxylic acid groups (broad SMARTS) is 1. The number of carboxylic acids is 1. The average Bonchev–Trinajstić information content (AvgIpc) is 2.87. The van der Waals surface area contributed by atoms with Crippen molar-refractivity contribution in [1.29, 1.82) is 0 Å². The molecule has 1 fully saturated rings. The summed E-state index contributed by atoms with van der Waals surface area (Å²) in [6.07, 6.45) is 8.00. The summed E-state index contributed by atoms with van der Waals surface area (Å²) in [5.74, 6) is -0.0717. The van der Waals surface area contributed by atoms with E-state index in [1.807, 2.05) is 0 Å². The summed E-state index contributed by atoms with van der Waals surface area (Å²) < 4.78 is 0. The lowest BCUT2D eigenvalue weighted by Gasteiger charge is -2.10. The van der Waals surface area contributed by atoms with E-state index in [1.54, 1.807) is 18.2 Å². The van der Waals surface area contributed by atoms with E-state index in [4.69, 9.17) is 16.7 Å². The van der Waals surface area contributed by atoms with Crippen LogP contribution in [0.4, 0.5) is 5.69 Å². The molecule has 1 aliphatic rings. The zero-order valence-corrected chi connectivity index (χ0v) is 11.7. The van der Waals surface area contributed by atoms with Crippen LogP contribution in [0, 0.1) is 5.92 Å². The summed E-state index contributed by atoms with van der Waals surface area (Å²) in [6, 6.07) is 5.00. The normalized spacial score (nSPS) is 15.6. The van der Waals surface area contributed by atoms with Gasteiger partial charge in [-0.3, -0.25) is 0 Å². The molecule has 1 aliphatic carbocycles. The van der Waals surface area contributed by atoms with Gasteiger partial charge < -0.3 is 10.4 Å². The molecule has 3 nitrogen and oxygen atoms in total. The van der Waals surface area contributed by atoms with Crippen molar-refractivity contribution < 1.29 is 9.90 Å². The number of nitrogens with one attached hydrogen (secondary N) is 1. The molecule has 104 valence electrons. The van der Waals surface area contributed by atoms with Crippen LogP contribution in [0.1, 0.15) is 48.9 Å². The predicted octanol–water partition coefficient (Wildman–Crippen LogP) is 4.42. The van der Waals surface area contributed by atoms with Gasteiger partial charge in [-0.1, -0.05) is 37.3 Å². The first-order valence-electron chi connectivity index (χ1n) is 6.93. The summed E-state index contributed by atoms with van der Waals surface area (Å²) >= 11 is 5.92. The summed E-state index contributed by atoms with van der Waals surface area (Å²) in [5, 5.41) is 12.5. The molecule has 0 atom stereocenters. The molecule has 0 aromatic heterocycles. The highest BCUT2D eigenvalue weighted by molar-refractivity contribution is 6.33. The second kappa shape index (κ2) is 6.80. The number of benzene rings is 1. The van der Waals surface area contributed by atoms with E-state index >= 15 is 0 Å². The summed E-state index contributed by atoms with van der Waals surface area (Å²) in [6.45, 7) is 0.916. The minimum atomic E-state index is -0.988. The molecule has 4 heteroatoms. The van der Waals surface area contributed by atoms with E-state index in [0.717, 1.165) is 24.6 Å². The molecule has 2 rings (SSSR count). The van der Waals surface area contributed by atoms with Crippen molar-refractivity contribution in [1.82, 2.24) is 0 Å². The number of rotatable bonds is 6. The van der Waals surface area contributed by atoms with Gasteiger partial charge in [-0.2, -0.15) is 0 Å². The predicted molar refractivity (Wildman–Crippen MR) is 78.1 cm³/mol. The smallest absolute Gasteiger partial charge is 0.337 e. The number of aromatic carboxylic acids is 1. The van der Waals surface area contributed by atoms with Gasteiger partial charge in [0.25, 0.3) is 0 Å².